The number of hydrogen-bond acceptors (Lipinski definition) is 5. The van der Waals surface area contributed by atoms with Crippen molar-refractivity contribution in [3.63, 3.8) is 0 Å². The van der Waals surface area contributed by atoms with Gasteiger partial charge in [-0.1, -0.05) is 0 Å². The van der Waals surface area contributed by atoms with Gasteiger partial charge in [-0.15, -0.1) is 0 Å². The molecule has 0 saturated carbocycles. The van der Waals surface area contributed by atoms with Crippen molar-refractivity contribution in [3.05, 3.63) is 46.9 Å². The number of carboxylic acids is 1. The van der Waals surface area contributed by atoms with Gasteiger partial charge in [0.25, 0.3) is 0 Å². The van der Waals surface area contributed by atoms with Crippen LogP contribution in [0.2, 0.25) is 0 Å². The molecule has 0 spiro atoms. The smallest absolute Gasteiger partial charge is 0.339 e. The summed E-state index contributed by atoms with van der Waals surface area (Å²) in [7, 11) is 3.08. The minimum absolute atomic E-state index is 0.0914. The van der Waals surface area contributed by atoms with Gasteiger partial charge < -0.3 is 24.3 Å². The van der Waals surface area contributed by atoms with E-state index in [-0.39, 0.29) is 24.4 Å². The second-order valence-corrected chi connectivity index (χ2v) is 5.12. The number of carbonyl (C=O) groups is 2. The average molecular weight is 333 g/mol. The SMILES string of the molecule is COc1ccc(OC)c(CC(=O)NCc2cc(C(=O)O)c(C)o2)c1. The maximum Gasteiger partial charge on any atom is 0.339 e. The maximum absolute atomic E-state index is 12.1. The Morgan fingerprint density at radius 1 is 1.21 bits per heavy atom. The topological polar surface area (TPSA) is 98.0 Å². The Morgan fingerprint density at radius 2 is 1.96 bits per heavy atom. The van der Waals surface area contributed by atoms with E-state index in [1.165, 1.54) is 13.2 Å². The van der Waals surface area contributed by atoms with Crippen molar-refractivity contribution in [1.82, 2.24) is 5.32 Å². The van der Waals surface area contributed by atoms with Crippen LogP contribution in [0.5, 0.6) is 11.5 Å². The number of aryl methyl sites for hydroxylation is 1. The van der Waals surface area contributed by atoms with Crippen molar-refractivity contribution in [2.24, 2.45) is 0 Å². The molecule has 0 aliphatic rings. The summed E-state index contributed by atoms with van der Waals surface area (Å²) in [5, 5.41) is 11.7. The molecule has 24 heavy (non-hydrogen) atoms. The highest BCUT2D eigenvalue weighted by atomic mass is 16.5. The predicted molar refractivity (Wildman–Crippen MR) is 85.5 cm³/mol. The first kappa shape index (κ1) is 17.4. The molecule has 7 heteroatoms. The molecule has 0 bridgehead atoms. The van der Waals surface area contributed by atoms with Gasteiger partial charge in [-0.05, 0) is 31.2 Å². The number of aromatic carboxylic acids is 1. The van der Waals surface area contributed by atoms with Crippen LogP contribution in [-0.4, -0.2) is 31.2 Å². The van der Waals surface area contributed by atoms with Crippen molar-refractivity contribution in [2.75, 3.05) is 14.2 Å². The molecule has 0 atom stereocenters. The summed E-state index contributed by atoms with van der Waals surface area (Å²) < 4.78 is 15.7. The second kappa shape index (κ2) is 7.54. The Labute approximate surface area is 139 Å². The lowest BCUT2D eigenvalue weighted by Gasteiger charge is -2.10. The lowest BCUT2D eigenvalue weighted by molar-refractivity contribution is -0.120. The van der Waals surface area contributed by atoms with Gasteiger partial charge >= 0.3 is 5.97 Å². The van der Waals surface area contributed by atoms with Crippen LogP contribution in [0.4, 0.5) is 0 Å². The number of carbonyl (C=O) groups excluding carboxylic acids is 1. The minimum Gasteiger partial charge on any atom is -0.497 e. The van der Waals surface area contributed by atoms with E-state index in [2.05, 4.69) is 5.32 Å². The van der Waals surface area contributed by atoms with Crippen LogP contribution in [-0.2, 0) is 17.8 Å². The van der Waals surface area contributed by atoms with Gasteiger partial charge in [0.05, 0.1) is 27.2 Å². The van der Waals surface area contributed by atoms with Crippen LogP contribution in [0.3, 0.4) is 0 Å². The summed E-state index contributed by atoms with van der Waals surface area (Å²) >= 11 is 0. The van der Waals surface area contributed by atoms with Crippen LogP contribution in [0, 0.1) is 6.92 Å². The largest absolute Gasteiger partial charge is 0.497 e. The summed E-state index contributed by atoms with van der Waals surface area (Å²) in [5.74, 6) is 0.610. The predicted octanol–water partition coefficient (Wildman–Crippen LogP) is 2.16. The molecule has 1 amide bonds. The molecule has 2 N–H and O–H groups in total. The van der Waals surface area contributed by atoms with Gasteiger partial charge in [0.2, 0.25) is 5.91 Å². The van der Waals surface area contributed by atoms with Gasteiger partial charge in [-0.3, -0.25) is 4.79 Å². The van der Waals surface area contributed by atoms with E-state index in [1.807, 2.05) is 0 Å². The zero-order valence-electron chi connectivity index (χ0n) is 13.7. The fourth-order valence-corrected chi connectivity index (χ4v) is 2.28. The van der Waals surface area contributed by atoms with Crippen molar-refractivity contribution in [1.29, 1.82) is 0 Å². The van der Waals surface area contributed by atoms with E-state index in [9.17, 15) is 9.59 Å². The monoisotopic (exact) mass is 333 g/mol. The van der Waals surface area contributed by atoms with Crippen LogP contribution in [0.1, 0.15) is 27.4 Å². The Bertz CT molecular complexity index is 750. The Morgan fingerprint density at radius 3 is 2.54 bits per heavy atom. The summed E-state index contributed by atoms with van der Waals surface area (Å²) in [6.45, 7) is 1.68. The fraction of sp³-hybridized carbons (Fsp3) is 0.294. The van der Waals surface area contributed by atoms with E-state index in [0.29, 0.717) is 28.6 Å². The molecule has 0 saturated heterocycles. The first-order valence-electron chi connectivity index (χ1n) is 7.24. The first-order chi connectivity index (χ1) is 11.4. The average Bonchev–Trinajstić information content (AvgIpc) is 2.94. The number of amides is 1. The van der Waals surface area contributed by atoms with Gasteiger partial charge in [-0.25, -0.2) is 4.79 Å². The van der Waals surface area contributed by atoms with Crippen molar-refractivity contribution in [3.8, 4) is 11.5 Å². The molecule has 7 nitrogen and oxygen atoms in total. The van der Waals surface area contributed by atoms with Gasteiger partial charge in [0.1, 0.15) is 28.6 Å². The highest BCUT2D eigenvalue weighted by Crippen LogP contribution is 2.24. The van der Waals surface area contributed by atoms with E-state index >= 15 is 0 Å². The molecule has 2 aromatic rings. The van der Waals surface area contributed by atoms with E-state index in [1.54, 1.807) is 32.2 Å². The highest BCUT2D eigenvalue weighted by molar-refractivity contribution is 5.88. The number of nitrogens with one attached hydrogen (secondary N) is 1. The van der Waals surface area contributed by atoms with Gasteiger partial charge in [-0.2, -0.15) is 0 Å². The normalized spacial score (nSPS) is 10.3. The summed E-state index contributed by atoms with van der Waals surface area (Å²) in [6, 6.07) is 6.62. The number of carboxylic acid groups (broad SMARTS) is 1. The number of ether oxygens (including phenoxy) is 2. The molecule has 0 aliphatic heterocycles. The Kier molecular flexibility index (Phi) is 5.47. The van der Waals surface area contributed by atoms with E-state index in [4.69, 9.17) is 19.0 Å². The second-order valence-electron chi connectivity index (χ2n) is 5.12. The molecular formula is C17H19NO6. The van der Waals surface area contributed by atoms with Crippen molar-refractivity contribution in [2.45, 2.75) is 19.9 Å². The minimum atomic E-state index is -1.06. The lowest BCUT2D eigenvalue weighted by Crippen LogP contribution is -2.24. The lowest BCUT2D eigenvalue weighted by atomic mass is 10.1. The molecule has 0 fully saturated rings. The Hall–Kier alpha value is -2.96. The molecule has 2 rings (SSSR count). The molecule has 1 heterocycles. The molecule has 1 aromatic carbocycles. The third kappa shape index (κ3) is 4.07. The summed E-state index contributed by atoms with van der Waals surface area (Å²) in [4.78, 5) is 23.1. The van der Waals surface area contributed by atoms with E-state index < -0.39 is 5.97 Å². The molecule has 0 unspecified atom stereocenters. The molecular weight excluding hydrogens is 314 g/mol. The number of methoxy groups -OCH3 is 2. The van der Waals surface area contributed by atoms with Crippen molar-refractivity contribution >= 4 is 11.9 Å². The quantitative estimate of drug-likeness (QED) is 0.806. The number of rotatable bonds is 7. The summed E-state index contributed by atoms with van der Waals surface area (Å²) in [5.41, 5.74) is 0.782. The van der Waals surface area contributed by atoms with Crippen molar-refractivity contribution < 1.29 is 28.6 Å². The Balaban J connectivity index is 2.01. The van der Waals surface area contributed by atoms with E-state index in [0.717, 1.165) is 0 Å². The third-order valence-electron chi connectivity index (χ3n) is 3.50. The third-order valence-corrected chi connectivity index (χ3v) is 3.50. The molecule has 0 aliphatic carbocycles. The number of benzene rings is 1. The fourth-order valence-electron chi connectivity index (χ4n) is 2.28. The van der Waals surface area contributed by atoms with Crippen LogP contribution in [0.15, 0.2) is 28.7 Å². The first-order valence-corrected chi connectivity index (χ1v) is 7.24. The maximum atomic E-state index is 12.1. The summed E-state index contributed by atoms with van der Waals surface area (Å²) in [6.07, 6.45) is 0.103. The molecule has 0 radical (unpaired) electrons. The van der Waals surface area contributed by atoms with Crippen LogP contribution < -0.4 is 14.8 Å². The zero-order chi connectivity index (χ0) is 17.7. The standard InChI is InChI=1S/C17H19NO6/c1-10-14(17(20)21)8-13(24-10)9-18-16(19)7-11-6-12(22-2)4-5-15(11)23-3/h4-6,8H,7,9H2,1-3H3,(H,18,19)(H,20,21). The number of hydrogen-bond donors (Lipinski definition) is 2. The number of furan rings is 1. The van der Waals surface area contributed by atoms with Crippen LogP contribution >= 0.6 is 0 Å². The van der Waals surface area contributed by atoms with Gasteiger partial charge in [0.15, 0.2) is 0 Å². The van der Waals surface area contributed by atoms with Crippen LogP contribution in [0.25, 0.3) is 0 Å². The molecule has 128 valence electrons. The zero-order valence-corrected chi connectivity index (χ0v) is 13.7. The molecule has 1 aromatic heterocycles. The van der Waals surface area contributed by atoms with Gasteiger partial charge in [0, 0.05) is 5.56 Å². The highest BCUT2D eigenvalue weighted by Gasteiger charge is 2.15.